The fourth-order valence-electron chi connectivity index (χ4n) is 12.4. The third-order valence-electron chi connectivity index (χ3n) is 16.5. The lowest BCUT2D eigenvalue weighted by molar-refractivity contribution is 1.18. The summed E-state index contributed by atoms with van der Waals surface area (Å²) < 4.78 is 4.74. The van der Waals surface area contributed by atoms with Crippen LogP contribution >= 0.6 is 0 Å². The van der Waals surface area contributed by atoms with Crippen LogP contribution in [0, 0.1) is 13.8 Å². The van der Waals surface area contributed by atoms with Crippen molar-refractivity contribution in [2.75, 3.05) is 0 Å². The van der Waals surface area contributed by atoms with E-state index in [-0.39, 0.29) is 0 Å². The third kappa shape index (κ3) is 7.48. The summed E-state index contributed by atoms with van der Waals surface area (Å²) in [5.74, 6) is 0. The van der Waals surface area contributed by atoms with E-state index < -0.39 is 0 Å². The maximum atomic E-state index is 2.41. The molecule has 0 aliphatic heterocycles. The summed E-state index contributed by atoms with van der Waals surface area (Å²) in [6.07, 6.45) is 0. The number of aromatic nitrogens is 2. The van der Waals surface area contributed by atoms with Crippen LogP contribution in [0.15, 0.2) is 279 Å². The predicted octanol–water partition coefficient (Wildman–Crippen LogP) is 20.8. The smallest absolute Gasteiger partial charge is 0.0541 e. The van der Waals surface area contributed by atoms with Gasteiger partial charge >= 0.3 is 0 Å². The van der Waals surface area contributed by atoms with Gasteiger partial charge in [0.2, 0.25) is 0 Å². The molecule has 0 atom stereocenters. The highest BCUT2D eigenvalue weighted by atomic mass is 15.0. The van der Waals surface area contributed by atoms with E-state index in [1.807, 2.05) is 0 Å². The topological polar surface area (TPSA) is 9.86 Å². The van der Waals surface area contributed by atoms with Gasteiger partial charge in [-0.15, -0.1) is 0 Å². The number of aryl methyl sites for hydroxylation is 2. The van der Waals surface area contributed by atoms with Crippen molar-refractivity contribution in [1.29, 1.82) is 0 Å². The van der Waals surface area contributed by atoms with Gasteiger partial charge in [-0.1, -0.05) is 218 Å². The Morgan fingerprint density at radius 2 is 0.462 bits per heavy atom. The van der Waals surface area contributed by atoms with Crippen molar-refractivity contribution < 1.29 is 0 Å². The molecular formula is C76H52N2. The zero-order chi connectivity index (χ0) is 51.8. The van der Waals surface area contributed by atoms with E-state index in [0.717, 1.165) is 0 Å². The van der Waals surface area contributed by atoms with E-state index in [1.54, 1.807) is 0 Å². The van der Waals surface area contributed by atoms with Crippen LogP contribution in [0.2, 0.25) is 0 Å². The summed E-state index contributed by atoms with van der Waals surface area (Å²) in [6, 6.07) is 103. The maximum Gasteiger partial charge on any atom is 0.0541 e. The maximum absolute atomic E-state index is 2.41. The molecule has 0 fully saturated rings. The summed E-state index contributed by atoms with van der Waals surface area (Å²) >= 11 is 0. The third-order valence-corrected chi connectivity index (χ3v) is 16.5. The Hall–Kier alpha value is -10.0. The van der Waals surface area contributed by atoms with E-state index >= 15 is 0 Å². The first-order chi connectivity index (χ1) is 38.5. The minimum Gasteiger partial charge on any atom is -0.309 e. The molecule has 366 valence electrons. The van der Waals surface area contributed by atoms with Crippen molar-refractivity contribution in [1.82, 2.24) is 9.13 Å². The number of nitrogens with zero attached hydrogens (tertiary/aromatic N) is 2. The molecule has 15 rings (SSSR count). The Kier molecular flexibility index (Phi) is 10.7. The monoisotopic (exact) mass is 992 g/mol. The number of fused-ring (bicyclic) bond motifs is 8. The fourth-order valence-corrected chi connectivity index (χ4v) is 12.4. The summed E-state index contributed by atoms with van der Waals surface area (Å²) in [6.45, 7) is 4.48. The highest BCUT2D eigenvalue weighted by Gasteiger charge is 2.20. The van der Waals surface area contributed by atoms with Crippen LogP contribution in [0.25, 0.3) is 143 Å². The minimum absolute atomic E-state index is 1.17. The standard InChI is InChI=1S/C76H52N2/c1-49-45-69-70(46-50(49)2)76(58-39-35-54(36-40-58)52-27-31-56(32-28-52)60-42-44-74-68(48-60)64-20-12-14-24-72(64)78(74)62-17-7-4-8-18-62)66-22-10-9-21-65(66)75(69)57-37-33-53(34-38-57)51-25-29-55(30-26-51)59-41-43-73-67(47-59)63-19-11-13-23-71(63)77(73)61-15-5-3-6-16-61/h3-48H,1-2H3. The lowest BCUT2D eigenvalue weighted by Gasteiger charge is -2.19. The van der Waals surface area contributed by atoms with Crippen LogP contribution in [0.1, 0.15) is 11.1 Å². The largest absolute Gasteiger partial charge is 0.309 e. The van der Waals surface area contributed by atoms with E-state index in [1.165, 1.54) is 154 Å². The number of hydrogen-bond acceptors (Lipinski definition) is 0. The van der Waals surface area contributed by atoms with Gasteiger partial charge in [0.25, 0.3) is 0 Å². The van der Waals surface area contributed by atoms with Crippen molar-refractivity contribution in [3.63, 3.8) is 0 Å². The summed E-state index contributed by atoms with van der Waals surface area (Å²) in [4.78, 5) is 0. The van der Waals surface area contributed by atoms with Crippen molar-refractivity contribution in [3.05, 3.63) is 290 Å². The number of rotatable bonds is 8. The molecule has 78 heavy (non-hydrogen) atoms. The van der Waals surface area contributed by atoms with Crippen molar-refractivity contribution in [3.8, 4) is 78.1 Å². The Labute approximate surface area is 454 Å². The molecule has 2 aromatic heterocycles. The molecule has 0 aliphatic carbocycles. The van der Waals surface area contributed by atoms with Crippen molar-refractivity contribution in [2.45, 2.75) is 13.8 Å². The summed E-state index contributed by atoms with van der Waals surface area (Å²) in [5, 5.41) is 10.1. The highest BCUT2D eigenvalue weighted by Crippen LogP contribution is 2.46. The van der Waals surface area contributed by atoms with Gasteiger partial charge in [-0.2, -0.15) is 0 Å². The first-order valence-corrected chi connectivity index (χ1v) is 27.1. The van der Waals surface area contributed by atoms with Gasteiger partial charge < -0.3 is 9.13 Å². The molecule has 0 aliphatic rings. The average Bonchev–Trinajstić information content (AvgIpc) is 4.13. The molecule has 0 bridgehead atoms. The van der Waals surface area contributed by atoms with E-state index in [0.29, 0.717) is 0 Å². The second-order valence-corrected chi connectivity index (χ2v) is 20.9. The normalized spacial score (nSPS) is 11.7. The number of benzene rings is 13. The first kappa shape index (κ1) is 45.4. The Morgan fingerprint density at radius 1 is 0.192 bits per heavy atom. The van der Waals surface area contributed by atoms with Crippen molar-refractivity contribution >= 4 is 65.2 Å². The molecule has 0 N–H and O–H groups in total. The van der Waals surface area contributed by atoms with E-state index in [2.05, 4.69) is 302 Å². The molecule has 15 aromatic rings. The predicted molar refractivity (Wildman–Crippen MR) is 332 cm³/mol. The zero-order valence-corrected chi connectivity index (χ0v) is 43.5. The molecule has 0 spiro atoms. The number of hydrogen-bond donors (Lipinski definition) is 0. The van der Waals surface area contributed by atoms with Gasteiger partial charge in [0.05, 0.1) is 22.1 Å². The highest BCUT2D eigenvalue weighted by molar-refractivity contribution is 6.22. The van der Waals surface area contributed by atoms with Gasteiger partial charge in [-0.25, -0.2) is 0 Å². The van der Waals surface area contributed by atoms with Crippen LogP contribution in [0.4, 0.5) is 0 Å². The molecule has 2 heteroatoms. The lowest BCUT2D eigenvalue weighted by Crippen LogP contribution is -1.93. The van der Waals surface area contributed by atoms with Gasteiger partial charge in [0.15, 0.2) is 0 Å². The SMILES string of the molecule is Cc1cc2c(-c3ccc(-c4ccc(-c5ccc6c(c5)c5ccccc5n6-c5ccccc5)cc4)cc3)c3ccccc3c(-c3ccc(-c4ccc(-c5ccc6c(c5)c5ccccc5n6-c5ccccc5)cc4)cc3)c2cc1C. The zero-order valence-electron chi connectivity index (χ0n) is 43.5. The van der Waals surface area contributed by atoms with Crippen molar-refractivity contribution in [2.24, 2.45) is 0 Å². The Bertz CT molecular complexity index is 4480. The molecule has 0 unspecified atom stereocenters. The molecule has 0 radical (unpaired) electrons. The Morgan fingerprint density at radius 3 is 0.821 bits per heavy atom. The van der Waals surface area contributed by atoms with Gasteiger partial charge in [0.1, 0.15) is 0 Å². The molecule has 0 saturated heterocycles. The van der Waals surface area contributed by atoms with Crippen LogP contribution in [0.3, 0.4) is 0 Å². The summed E-state index contributed by atoms with van der Waals surface area (Å²) in [5.41, 5.74) is 24.4. The molecule has 2 nitrogen and oxygen atoms in total. The molecule has 2 heterocycles. The molecule has 0 saturated carbocycles. The quantitative estimate of drug-likeness (QED) is 0.134. The Balaban J connectivity index is 0.733. The van der Waals surface area contributed by atoms with Gasteiger partial charge in [-0.05, 0) is 174 Å². The minimum atomic E-state index is 1.17. The lowest BCUT2D eigenvalue weighted by atomic mass is 9.84. The second-order valence-electron chi connectivity index (χ2n) is 20.9. The van der Waals surface area contributed by atoms with Crippen LogP contribution in [-0.4, -0.2) is 9.13 Å². The molecular weight excluding hydrogens is 941 g/mol. The fraction of sp³-hybridized carbons (Fsp3) is 0.0263. The average molecular weight is 993 g/mol. The van der Waals surface area contributed by atoms with Crippen LogP contribution in [-0.2, 0) is 0 Å². The van der Waals surface area contributed by atoms with Gasteiger partial charge in [0, 0.05) is 32.9 Å². The first-order valence-electron chi connectivity index (χ1n) is 27.1. The van der Waals surface area contributed by atoms with Crippen LogP contribution < -0.4 is 0 Å². The van der Waals surface area contributed by atoms with Gasteiger partial charge in [-0.3, -0.25) is 0 Å². The molecule has 0 amide bonds. The molecule has 13 aromatic carbocycles. The number of para-hydroxylation sites is 4. The van der Waals surface area contributed by atoms with E-state index in [9.17, 15) is 0 Å². The van der Waals surface area contributed by atoms with E-state index in [4.69, 9.17) is 0 Å². The second kappa shape index (κ2) is 18.4. The summed E-state index contributed by atoms with van der Waals surface area (Å²) in [7, 11) is 0. The van der Waals surface area contributed by atoms with Crippen LogP contribution in [0.5, 0.6) is 0 Å².